The second-order valence-corrected chi connectivity index (χ2v) is 4.50. The topological polar surface area (TPSA) is 87.6 Å². The highest BCUT2D eigenvalue weighted by molar-refractivity contribution is 5.95. The number of aromatic nitrogens is 4. The van der Waals surface area contributed by atoms with Crippen molar-refractivity contribution in [1.29, 1.82) is 0 Å². The summed E-state index contributed by atoms with van der Waals surface area (Å²) in [5.74, 6) is 0.939. The number of nitrogens with zero attached hydrogens (tertiary/aromatic N) is 4. The summed E-state index contributed by atoms with van der Waals surface area (Å²) in [7, 11) is 1.53. The number of nitrogen functional groups attached to an aromatic ring is 1. The fourth-order valence-corrected chi connectivity index (χ4v) is 2.13. The van der Waals surface area contributed by atoms with E-state index in [9.17, 15) is 8.78 Å². The summed E-state index contributed by atoms with van der Waals surface area (Å²) in [6.45, 7) is -0.797. The molecule has 3 aromatic rings. The van der Waals surface area contributed by atoms with Gasteiger partial charge in [-0.2, -0.15) is 4.52 Å². The van der Waals surface area contributed by atoms with Crippen LogP contribution >= 0.6 is 0 Å². The normalized spacial score (nSPS) is 11.6. The third kappa shape index (κ3) is 2.50. The number of hydrogen-bond acceptors (Lipinski definition) is 6. The van der Waals surface area contributed by atoms with Gasteiger partial charge in [-0.05, 0) is 12.1 Å². The summed E-state index contributed by atoms with van der Waals surface area (Å²) in [5.41, 5.74) is 6.90. The molecule has 22 heavy (non-hydrogen) atoms. The predicted octanol–water partition coefficient (Wildman–Crippen LogP) is 1.65. The number of nitrogens with two attached hydrogens (primary N) is 1. The van der Waals surface area contributed by atoms with Gasteiger partial charge in [0.05, 0.1) is 7.11 Å². The number of ether oxygens (including phenoxy) is 2. The van der Waals surface area contributed by atoms with Crippen molar-refractivity contribution >= 4 is 22.5 Å². The molecule has 3 rings (SSSR count). The second-order valence-electron chi connectivity index (χ2n) is 4.50. The maximum absolute atomic E-state index is 12.1. The van der Waals surface area contributed by atoms with Crippen molar-refractivity contribution in [3.8, 4) is 5.75 Å². The van der Waals surface area contributed by atoms with Gasteiger partial charge in [0.1, 0.15) is 24.5 Å². The lowest BCUT2D eigenvalue weighted by molar-refractivity contribution is 0.00775. The molecule has 0 fully saturated rings. The van der Waals surface area contributed by atoms with Crippen molar-refractivity contribution < 1.29 is 18.3 Å². The van der Waals surface area contributed by atoms with Gasteiger partial charge >= 0.3 is 0 Å². The van der Waals surface area contributed by atoms with Crippen molar-refractivity contribution in [2.45, 2.75) is 13.0 Å². The fourth-order valence-electron chi connectivity index (χ4n) is 2.13. The van der Waals surface area contributed by atoms with Crippen LogP contribution in [0.1, 0.15) is 5.82 Å². The maximum atomic E-state index is 12.1. The summed E-state index contributed by atoms with van der Waals surface area (Å²) in [6.07, 6.45) is -2.53. The number of hydrogen-bond donors (Lipinski definition) is 1. The molecule has 0 radical (unpaired) electrons. The van der Waals surface area contributed by atoms with E-state index in [1.807, 2.05) is 0 Å². The largest absolute Gasteiger partial charge is 0.494 e. The number of methoxy groups -OCH3 is 1. The monoisotopic (exact) mass is 309 g/mol. The molecule has 0 saturated heterocycles. The zero-order valence-corrected chi connectivity index (χ0v) is 11.7. The highest BCUT2D eigenvalue weighted by Crippen LogP contribution is 2.27. The van der Waals surface area contributed by atoms with Crippen LogP contribution in [-0.4, -0.2) is 39.7 Å². The third-order valence-electron chi connectivity index (χ3n) is 3.03. The van der Waals surface area contributed by atoms with Gasteiger partial charge in [-0.1, -0.05) is 6.07 Å². The number of rotatable bonds is 5. The standard InChI is InChI=1S/C13H13F2N5O2/c1-21-8-4-2-3-7-11(8)18-13(16)20-12(7)17-10(19-20)6-22-5-9(14)15/h2-4,9H,5-6H2,1H3,(H2,16,18). The van der Waals surface area contributed by atoms with Gasteiger partial charge in [-0.15, -0.1) is 5.10 Å². The Morgan fingerprint density at radius 3 is 2.86 bits per heavy atom. The van der Waals surface area contributed by atoms with Gasteiger partial charge < -0.3 is 15.2 Å². The van der Waals surface area contributed by atoms with Crippen molar-refractivity contribution in [3.63, 3.8) is 0 Å². The van der Waals surface area contributed by atoms with Crippen molar-refractivity contribution in [3.05, 3.63) is 24.0 Å². The molecular formula is C13H13F2N5O2. The van der Waals surface area contributed by atoms with Crippen LogP contribution in [0.5, 0.6) is 5.75 Å². The molecule has 0 aliphatic carbocycles. The molecule has 0 bridgehead atoms. The number of para-hydroxylation sites is 1. The molecule has 0 amide bonds. The van der Waals surface area contributed by atoms with Gasteiger partial charge in [0.2, 0.25) is 5.95 Å². The molecule has 2 aromatic heterocycles. The summed E-state index contributed by atoms with van der Waals surface area (Å²) >= 11 is 0. The molecule has 9 heteroatoms. The average molecular weight is 309 g/mol. The van der Waals surface area contributed by atoms with Crippen LogP contribution in [0.2, 0.25) is 0 Å². The first-order valence-corrected chi connectivity index (χ1v) is 6.44. The Morgan fingerprint density at radius 1 is 1.32 bits per heavy atom. The van der Waals surface area contributed by atoms with E-state index < -0.39 is 13.0 Å². The Kier molecular flexibility index (Phi) is 3.72. The number of halogens is 2. The van der Waals surface area contributed by atoms with E-state index in [4.69, 9.17) is 15.2 Å². The Balaban J connectivity index is 2.07. The summed E-state index contributed by atoms with van der Waals surface area (Å²) in [6, 6.07) is 5.35. The molecular weight excluding hydrogens is 296 g/mol. The zero-order valence-electron chi connectivity index (χ0n) is 11.7. The first kappa shape index (κ1) is 14.4. The molecule has 2 N–H and O–H groups in total. The van der Waals surface area contributed by atoms with Crippen LogP contribution in [0.25, 0.3) is 16.6 Å². The van der Waals surface area contributed by atoms with Gasteiger partial charge in [0.15, 0.2) is 11.5 Å². The first-order valence-electron chi connectivity index (χ1n) is 6.44. The second kappa shape index (κ2) is 5.68. The Hall–Kier alpha value is -2.55. The van der Waals surface area contributed by atoms with Gasteiger partial charge in [0.25, 0.3) is 6.43 Å². The lowest BCUT2D eigenvalue weighted by atomic mass is 10.2. The maximum Gasteiger partial charge on any atom is 0.261 e. The Labute approximate surface area is 123 Å². The molecule has 116 valence electrons. The molecule has 0 atom stereocenters. The van der Waals surface area contributed by atoms with Gasteiger partial charge in [-0.3, -0.25) is 0 Å². The number of anilines is 1. The molecule has 1 aromatic carbocycles. The summed E-state index contributed by atoms with van der Waals surface area (Å²) in [5, 5.41) is 4.82. The Bertz CT molecular complexity index is 821. The lowest BCUT2D eigenvalue weighted by Crippen LogP contribution is -2.06. The molecule has 0 spiro atoms. The quantitative estimate of drug-likeness (QED) is 0.771. The third-order valence-corrected chi connectivity index (χ3v) is 3.03. The van der Waals surface area contributed by atoms with Crippen LogP contribution in [0, 0.1) is 0 Å². The average Bonchev–Trinajstić information content (AvgIpc) is 2.91. The van der Waals surface area contributed by atoms with Crippen LogP contribution in [-0.2, 0) is 11.3 Å². The fraction of sp³-hybridized carbons (Fsp3) is 0.308. The van der Waals surface area contributed by atoms with E-state index in [0.717, 1.165) is 0 Å². The Morgan fingerprint density at radius 2 is 2.14 bits per heavy atom. The zero-order chi connectivity index (χ0) is 15.7. The van der Waals surface area contributed by atoms with E-state index in [1.54, 1.807) is 18.2 Å². The minimum atomic E-state index is -2.53. The van der Waals surface area contributed by atoms with E-state index in [1.165, 1.54) is 11.6 Å². The molecule has 0 aliphatic rings. The highest BCUT2D eigenvalue weighted by atomic mass is 19.3. The summed E-state index contributed by atoms with van der Waals surface area (Å²) in [4.78, 5) is 8.53. The molecule has 2 heterocycles. The van der Waals surface area contributed by atoms with E-state index in [0.29, 0.717) is 22.3 Å². The predicted molar refractivity (Wildman–Crippen MR) is 74.9 cm³/mol. The van der Waals surface area contributed by atoms with Crippen molar-refractivity contribution in [2.75, 3.05) is 19.5 Å². The van der Waals surface area contributed by atoms with E-state index >= 15 is 0 Å². The first-order chi connectivity index (χ1) is 10.6. The number of alkyl halides is 2. The van der Waals surface area contributed by atoms with Crippen molar-refractivity contribution in [2.24, 2.45) is 0 Å². The van der Waals surface area contributed by atoms with Crippen LogP contribution in [0.3, 0.4) is 0 Å². The number of benzene rings is 1. The SMILES string of the molecule is COc1cccc2c1nc(N)n1nc(COCC(F)F)nc21. The molecule has 0 unspecified atom stereocenters. The number of fused-ring (bicyclic) bond motifs is 3. The van der Waals surface area contributed by atoms with E-state index in [-0.39, 0.29) is 18.4 Å². The minimum Gasteiger partial charge on any atom is -0.494 e. The van der Waals surface area contributed by atoms with Gasteiger partial charge in [0, 0.05) is 5.39 Å². The molecule has 0 aliphatic heterocycles. The van der Waals surface area contributed by atoms with Crippen molar-refractivity contribution in [1.82, 2.24) is 19.6 Å². The van der Waals surface area contributed by atoms with Crippen LogP contribution < -0.4 is 10.5 Å². The smallest absolute Gasteiger partial charge is 0.261 e. The van der Waals surface area contributed by atoms with Crippen LogP contribution in [0.4, 0.5) is 14.7 Å². The van der Waals surface area contributed by atoms with E-state index in [2.05, 4.69) is 15.1 Å². The van der Waals surface area contributed by atoms with Crippen LogP contribution in [0.15, 0.2) is 18.2 Å². The lowest BCUT2D eigenvalue weighted by Gasteiger charge is -2.06. The summed E-state index contributed by atoms with van der Waals surface area (Å²) < 4.78 is 35.6. The molecule has 0 saturated carbocycles. The van der Waals surface area contributed by atoms with Gasteiger partial charge in [-0.25, -0.2) is 18.7 Å². The molecule has 7 nitrogen and oxygen atoms in total. The minimum absolute atomic E-state index is 0.125. The highest BCUT2D eigenvalue weighted by Gasteiger charge is 2.14.